The molecule has 1 heterocycles. The minimum absolute atomic E-state index is 0.524. The maximum atomic E-state index is 10.2. The molecule has 1 rings (SSSR count). The molecule has 0 N–H and O–H groups in total. The van der Waals surface area contributed by atoms with Crippen LogP contribution in [0.15, 0.2) is 0 Å². The summed E-state index contributed by atoms with van der Waals surface area (Å²) in [7, 11) is 0. The first-order chi connectivity index (χ1) is 4.33. The minimum Gasteiger partial charge on any atom is -0.344 e. The molecule has 3 heteroatoms. The third-order valence-corrected chi connectivity index (χ3v) is 2.29. The number of nitrogens with zero attached hydrogens (tertiary/aromatic N) is 1. The lowest BCUT2D eigenvalue weighted by atomic mass is 10.1. The van der Waals surface area contributed by atoms with Gasteiger partial charge < -0.3 is 4.90 Å². The molecule has 0 aromatic heterocycles. The lowest BCUT2D eigenvalue weighted by Gasteiger charge is -2.25. The zero-order valence-corrected chi connectivity index (χ0v) is 6.80. The van der Waals surface area contributed by atoms with Crippen LogP contribution in [0.25, 0.3) is 0 Å². The van der Waals surface area contributed by atoms with Crippen molar-refractivity contribution in [2.75, 3.05) is 13.1 Å². The lowest BCUT2D eigenvalue weighted by Crippen LogP contribution is -2.34. The van der Waals surface area contributed by atoms with Gasteiger partial charge in [0.05, 0.1) is 0 Å². The molecule has 0 radical (unpaired) electrons. The second-order valence-corrected chi connectivity index (χ2v) is 3.63. The Hall–Kier alpha value is -0.0500. The van der Waals surface area contributed by atoms with Gasteiger partial charge in [-0.2, -0.15) is 0 Å². The summed E-state index contributed by atoms with van der Waals surface area (Å²) in [4.78, 5) is 12.5. The van der Waals surface area contributed by atoms with Crippen LogP contribution in [0.4, 0.5) is 0 Å². The van der Waals surface area contributed by atoms with E-state index in [0.29, 0.717) is 4.83 Å². The van der Waals surface area contributed by atoms with Crippen molar-refractivity contribution in [3.63, 3.8) is 0 Å². The molecule has 1 aliphatic rings. The average Bonchev–Trinajstić information content (AvgIpc) is 1.88. The van der Waals surface area contributed by atoms with E-state index in [0.717, 1.165) is 25.9 Å². The number of piperidine rings is 1. The summed E-state index contributed by atoms with van der Waals surface area (Å²) in [6, 6.07) is 0. The standard InChI is InChI=1S/C6H10BrNO/c7-6-2-1-3-8(4-6)5-9/h5-6H,1-4H2. The molecule has 9 heavy (non-hydrogen) atoms. The molecule has 0 bridgehead atoms. The molecule has 1 aliphatic heterocycles. The van der Waals surface area contributed by atoms with Crippen LogP contribution in [0.2, 0.25) is 0 Å². The van der Waals surface area contributed by atoms with E-state index in [-0.39, 0.29) is 0 Å². The van der Waals surface area contributed by atoms with E-state index in [4.69, 9.17) is 0 Å². The maximum absolute atomic E-state index is 10.2. The number of hydrogen-bond acceptors (Lipinski definition) is 1. The number of rotatable bonds is 1. The SMILES string of the molecule is O=CN1CCCC(Br)C1. The Morgan fingerprint density at radius 3 is 2.89 bits per heavy atom. The van der Waals surface area contributed by atoms with E-state index in [1.165, 1.54) is 6.42 Å². The number of carbonyl (C=O) groups excluding carboxylic acids is 1. The van der Waals surface area contributed by atoms with Crippen LogP contribution in [-0.4, -0.2) is 29.2 Å². The summed E-state index contributed by atoms with van der Waals surface area (Å²) in [6.07, 6.45) is 3.26. The molecule has 1 fully saturated rings. The van der Waals surface area contributed by atoms with Crippen molar-refractivity contribution in [1.82, 2.24) is 4.90 Å². The fourth-order valence-electron chi connectivity index (χ4n) is 1.05. The molecule has 0 aliphatic carbocycles. The van der Waals surface area contributed by atoms with Crippen molar-refractivity contribution < 1.29 is 4.79 Å². The highest BCUT2D eigenvalue weighted by Crippen LogP contribution is 2.14. The first-order valence-electron chi connectivity index (χ1n) is 3.16. The predicted molar refractivity (Wildman–Crippen MR) is 39.6 cm³/mol. The fourth-order valence-corrected chi connectivity index (χ4v) is 1.74. The van der Waals surface area contributed by atoms with E-state index in [1.807, 2.05) is 4.90 Å². The molecule has 0 spiro atoms. The molecule has 0 aromatic rings. The molecule has 0 saturated carbocycles. The van der Waals surface area contributed by atoms with Crippen molar-refractivity contribution in [3.05, 3.63) is 0 Å². The monoisotopic (exact) mass is 191 g/mol. The minimum atomic E-state index is 0.524. The van der Waals surface area contributed by atoms with Crippen LogP contribution >= 0.6 is 15.9 Å². The van der Waals surface area contributed by atoms with Gasteiger partial charge in [0.1, 0.15) is 0 Å². The van der Waals surface area contributed by atoms with E-state index >= 15 is 0 Å². The summed E-state index contributed by atoms with van der Waals surface area (Å²) in [5, 5.41) is 0. The quantitative estimate of drug-likeness (QED) is 0.448. The maximum Gasteiger partial charge on any atom is 0.209 e. The van der Waals surface area contributed by atoms with Crippen molar-refractivity contribution in [2.45, 2.75) is 17.7 Å². The van der Waals surface area contributed by atoms with Gasteiger partial charge in [-0.05, 0) is 12.8 Å². The number of amides is 1. The normalized spacial score (nSPS) is 28.1. The van der Waals surface area contributed by atoms with Crippen molar-refractivity contribution in [1.29, 1.82) is 0 Å². The van der Waals surface area contributed by atoms with Crippen LogP contribution in [0.3, 0.4) is 0 Å². The molecular formula is C6H10BrNO. The Morgan fingerprint density at radius 1 is 1.67 bits per heavy atom. The third kappa shape index (κ3) is 1.97. The Bertz CT molecular complexity index is 107. The van der Waals surface area contributed by atoms with Crippen molar-refractivity contribution in [2.24, 2.45) is 0 Å². The van der Waals surface area contributed by atoms with Crippen molar-refractivity contribution in [3.8, 4) is 0 Å². The van der Waals surface area contributed by atoms with Crippen LogP contribution in [0.1, 0.15) is 12.8 Å². The third-order valence-electron chi connectivity index (χ3n) is 1.54. The van der Waals surface area contributed by atoms with Crippen LogP contribution in [-0.2, 0) is 4.79 Å². The van der Waals surface area contributed by atoms with Crippen molar-refractivity contribution >= 4 is 22.3 Å². The van der Waals surface area contributed by atoms with Gasteiger partial charge in [0.2, 0.25) is 6.41 Å². The second-order valence-electron chi connectivity index (χ2n) is 2.34. The molecule has 1 saturated heterocycles. The van der Waals surface area contributed by atoms with Gasteiger partial charge in [-0.15, -0.1) is 0 Å². The lowest BCUT2D eigenvalue weighted by molar-refractivity contribution is -0.118. The number of alkyl halides is 1. The van der Waals surface area contributed by atoms with Crippen LogP contribution in [0.5, 0.6) is 0 Å². The van der Waals surface area contributed by atoms with Gasteiger partial charge in [-0.25, -0.2) is 0 Å². The first-order valence-corrected chi connectivity index (χ1v) is 4.08. The average molecular weight is 192 g/mol. The van der Waals surface area contributed by atoms with Gasteiger partial charge in [-0.1, -0.05) is 15.9 Å². The smallest absolute Gasteiger partial charge is 0.209 e. The summed E-state index contributed by atoms with van der Waals surface area (Å²) < 4.78 is 0. The van der Waals surface area contributed by atoms with Crippen LogP contribution < -0.4 is 0 Å². The van der Waals surface area contributed by atoms with Gasteiger partial charge >= 0.3 is 0 Å². The number of likely N-dealkylation sites (tertiary alicyclic amines) is 1. The number of carbonyl (C=O) groups is 1. The van der Waals surface area contributed by atoms with Gasteiger partial charge in [0.25, 0.3) is 0 Å². The summed E-state index contributed by atoms with van der Waals surface area (Å²) in [5.74, 6) is 0. The fraction of sp³-hybridized carbons (Fsp3) is 0.833. The predicted octanol–water partition coefficient (Wildman–Crippen LogP) is 1.00. The van der Waals surface area contributed by atoms with E-state index in [2.05, 4.69) is 15.9 Å². The van der Waals surface area contributed by atoms with E-state index in [1.54, 1.807) is 0 Å². The van der Waals surface area contributed by atoms with Crippen LogP contribution in [0, 0.1) is 0 Å². The molecule has 1 amide bonds. The highest BCUT2D eigenvalue weighted by atomic mass is 79.9. The molecule has 1 atom stereocenters. The molecule has 0 aromatic carbocycles. The Kier molecular flexibility index (Phi) is 2.51. The Balaban J connectivity index is 2.31. The molecule has 2 nitrogen and oxygen atoms in total. The highest BCUT2D eigenvalue weighted by molar-refractivity contribution is 9.09. The second kappa shape index (κ2) is 3.20. The van der Waals surface area contributed by atoms with E-state index in [9.17, 15) is 4.79 Å². The van der Waals surface area contributed by atoms with Gasteiger partial charge in [0.15, 0.2) is 0 Å². The number of hydrogen-bond donors (Lipinski definition) is 0. The van der Waals surface area contributed by atoms with Gasteiger partial charge in [0, 0.05) is 17.9 Å². The Morgan fingerprint density at radius 2 is 2.44 bits per heavy atom. The summed E-state index contributed by atoms with van der Waals surface area (Å²) in [5.41, 5.74) is 0. The molecule has 52 valence electrons. The molecular weight excluding hydrogens is 182 g/mol. The highest BCUT2D eigenvalue weighted by Gasteiger charge is 2.14. The topological polar surface area (TPSA) is 20.3 Å². The summed E-state index contributed by atoms with van der Waals surface area (Å²) >= 11 is 3.47. The number of halogens is 1. The first kappa shape index (κ1) is 7.06. The Labute approximate surface area is 63.3 Å². The molecule has 1 unspecified atom stereocenters. The zero-order chi connectivity index (χ0) is 6.69. The largest absolute Gasteiger partial charge is 0.344 e. The van der Waals surface area contributed by atoms with Gasteiger partial charge in [-0.3, -0.25) is 4.79 Å². The van der Waals surface area contributed by atoms with E-state index < -0.39 is 0 Å². The zero-order valence-electron chi connectivity index (χ0n) is 5.22. The summed E-state index contributed by atoms with van der Waals surface area (Å²) in [6.45, 7) is 1.81.